The van der Waals surface area contributed by atoms with Gasteiger partial charge in [-0.05, 0) is 12.8 Å². The summed E-state index contributed by atoms with van der Waals surface area (Å²) in [6, 6.07) is 0.466. The monoisotopic (exact) mass is 112 g/mol. The standard InChI is InChI=1S/C4H8N4/c5-6-3-7-8-4-1-2-4/h3-4H,1-2,5H2. The van der Waals surface area contributed by atoms with Gasteiger partial charge in [-0.1, -0.05) is 0 Å². The van der Waals surface area contributed by atoms with Crippen LogP contribution in [0.15, 0.2) is 15.3 Å². The number of azo groups is 1. The minimum absolute atomic E-state index is 0.466. The fourth-order valence-corrected chi connectivity index (χ4v) is 0.344. The van der Waals surface area contributed by atoms with Gasteiger partial charge in [-0.15, -0.1) is 5.11 Å². The van der Waals surface area contributed by atoms with Crippen molar-refractivity contribution in [1.82, 2.24) is 0 Å². The Balaban J connectivity index is 2.13. The van der Waals surface area contributed by atoms with Gasteiger partial charge in [0.2, 0.25) is 0 Å². The molecule has 4 heteroatoms. The van der Waals surface area contributed by atoms with Gasteiger partial charge in [-0.3, -0.25) is 0 Å². The Morgan fingerprint density at radius 1 is 1.50 bits per heavy atom. The van der Waals surface area contributed by atoms with E-state index in [1.54, 1.807) is 0 Å². The van der Waals surface area contributed by atoms with E-state index in [-0.39, 0.29) is 0 Å². The van der Waals surface area contributed by atoms with Crippen LogP contribution in [0.5, 0.6) is 0 Å². The van der Waals surface area contributed by atoms with Crippen LogP contribution in [0.3, 0.4) is 0 Å². The molecule has 0 aromatic heterocycles. The van der Waals surface area contributed by atoms with E-state index in [1.165, 1.54) is 19.2 Å². The molecule has 0 unspecified atom stereocenters. The molecule has 44 valence electrons. The summed E-state index contributed by atoms with van der Waals surface area (Å²) in [4.78, 5) is 0. The van der Waals surface area contributed by atoms with Crippen LogP contribution in [-0.4, -0.2) is 12.4 Å². The number of hydrogen-bond acceptors (Lipinski definition) is 3. The largest absolute Gasteiger partial charge is 0.322 e. The summed E-state index contributed by atoms with van der Waals surface area (Å²) in [7, 11) is 0. The molecule has 0 aliphatic heterocycles. The van der Waals surface area contributed by atoms with E-state index in [2.05, 4.69) is 15.3 Å². The van der Waals surface area contributed by atoms with Gasteiger partial charge in [0.1, 0.15) is 0 Å². The lowest BCUT2D eigenvalue weighted by Crippen LogP contribution is -1.78. The maximum Gasteiger partial charge on any atom is 0.157 e. The molecule has 0 aromatic carbocycles. The number of hydrazone groups is 1. The van der Waals surface area contributed by atoms with Crippen molar-refractivity contribution in [3.63, 3.8) is 0 Å². The quantitative estimate of drug-likeness (QED) is 0.183. The van der Waals surface area contributed by atoms with E-state index < -0.39 is 0 Å². The Hall–Kier alpha value is -0.930. The predicted molar refractivity (Wildman–Crippen MR) is 30.6 cm³/mol. The second kappa shape index (κ2) is 2.40. The zero-order valence-electron chi connectivity index (χ0n) is 4.49. The molecule has 0 bridgehead atoms. The molecule has 0 heterocycles. The second-order valence-electron chi connectivity index (χ2n) is 1.73. The summed E-state index contributed by atoms with van der Waals surface area (Å²) in [5.74, 6) is 4.75. The Labute approximate surface area is 47.5 Å². The van der Waals surface area contributed by atoms with Gasteiger partial charge in [0.05, 0.1) is 6.04 Å². The third-order valence-electron chi connectivity index (χ3n) is 0.895. The lowest BCUT2D eigenvalue weighted by molar-refractivity contribution is 0.969. The van der Waals surface area contributed by atoms with Crippen molar-refractivity contribution in [2.45, 2.75) is 18.9 Å². The molecule has 1 aliphatic carbocycles. The third kappa shape index (κ3) is 1.68. The first-order chi connectivity index (χ1) is 3.93. The van der Waals surface area contributed by atoms with Gasteiger partial charge in [0, 0.05) is 0 Å². The maximum atomic E-state index is 4.75. The van der Waals surface area contributed by atoms with Gasteiger partial charge in [0.25, 0.3) is 0 Å². The van der Waals surface area contributed by atoms with Crippen LogP contribution in [0, 0.1) is 0 Å². The minimum Gasteiger partial charge on any atom is -0.322 e. The Kier molecular flexibility index (Phi) is 1.56. The van der Waals surface area contributed by atoms with Crippen molar-refractivity contribution >= 4 is 6.34 Å². The lowest BCUT2D eigenvalue weighted by atomic mass is 10.8. The van der Waals surface area contributed by atoms with Crippen molar-refractivity contribution in [1.29, 1.82) is 0 Å². The molecule has 0 atom stereocenters. The average molecular weight is 112 g/mol. The second-order valence-corrected chi connectivity index (χ2v) is 1.73. The molecule has 1 fully saturated rings. The molecule has 1 rings (SSSR count). The number of nitrogens with two attached hydrogens (primary N) is 1. The Morgan fingerprint density at radius 2 is 2.25 bits per heavy atom. The maximum absolute atomic E-state index is 4.75. The number of hydrogen-bond donors (Lipinski definition) is 1. The molecule has 0 radical (unpaired) electrons. The zero-order valence-corrected chi connectivity index (χ0v) is 4.49. The number of nitrogens with zero attached hydrogens (tertiary/aromatic N) is 3. The van der Waals surface area contributed by atoms with Crippen LogP contribution in [0.4, 0.5) is 0 Å². The molecular weight excluding hydrogens is 104 g/mol. The van der Waals surface area contributed by atoms with E-state index in [1.807, 2.05) is 0 Å². The fraction of sp³-hybridized carbons (Fsp3) is 0.750. The van der Waals surface area contributed by atoms with Crippen molar-refractivity contribution in [3.05, 3.63) is 0 Å². The Morgan fingerprint density at radius 3 is 2.75 bits per heavy atom. The molecule has 0 spiro atoms. The third-order valence-corrected chi connectivity index (χ3v) is 0.895. The van der Waals surface area contributed by atoms with Crippen molar-refractivity contribution in [2.24, 2.45) is 21.2 Å². The van der Waals surface area contributed by atoms with Gasteiger partial charge >= 0.3 is 0 Å². The molecule has 1 aliphatic rings. The summed E-state index contributed by atoms with van der Waals surface area (Å²) in [5, 5.41) is 10.5. The summed E-state index contributed by atoms with van der Waals surface area (Å²) in [5.41, 5.74) is 0. The summed E-state index contributed by atoms with van der Waals surface area (Å²) >= 11 is 0. The normalized spacial score (nSPS) is 21.0. The van der Waals surface area contributed by atoms with Crippen LogP contribution in [-0.2, 0) is 0 Å². The summed E-state index contributed by atoms with van der Waals surface area (Å²) < 4.78 is 0. The molecule has 8 heavy (non-hydrogen) atoms. The van der Waals surface area contributed by atoms with E-state index in [0.717, 1.165) is 0 Å². The van der Waals surface area contributed by atoms with Crippen molar-refractivity contribution in [2.75, 3.05) is 0 Å². The Bertz CT molecular complexity index is 113. The lowest BCUT2D eigenvalue weighted by Gasteiger charge is -1.73. The average Bonchev–Trinajstić information content (AvgIpc) is 2.51. The number of rotatable bonds is 2. The predicted octanol–water partition coefficient (Wildman–Crippen LogP) is 0.503. The summed E-state index contributed by atoms with van der Waals surface area (Å²) in [6.07, 6.45) is 3.59. The molecule has 1 saturated carbocycles. The van der Waals surface area contributed by atoms with Gasteiger partial charge in [-0.25, -0.2) is 0 Å². The van der Waals surface area contributed by atoms with Gasteiger partial charge in [0.15, 0.2) is 6.34 Å². The first-order valence-corrected chi connectivity index (χ1v) is 2.55. The van der Waals surface area contributed by atoms with Gasteiger partial charge < -0.3 is 5.84 Å². The van der Waals surface area contributed by atoms with Crippen molar-refractivity contribution < 1.29 is 0 Å². The van der Waals surface area contributed by atoms with Crippen LogP contribution < -0.4 is 5.84 Å². The van der Waals surface area contributed by atoms with Crippen LogP contribution in [0.2, 0.25) is 0 Å². The molecule has 4 nitrogen and oxygen atoms in total. The molecular formula is C4H8N4. The van der Waals surface area contributed by atoms with Crippen LogP contribution in [0.1, 0.15) is 12.8 Å². The highest BCUT2D eigenvalue weighted by atomic mass is 15.2. The van der Waals surface area contributed by atoms with E-state index in [4.69, 9.17) is 5.84 Å². The highest BCUT2D eigenvalue weighted by Gasteiger charge is 2.19. The topological polar surface area (TPSA) is 63.1 Å². The van der Waals surface area contributed by atoms with Crippen LogP contribution >= 0.6 is 0 Å². The smallest absolute Gasteiger partial charge is 0.157 e. The molecule has 0 saturated heterocycles. The SMILES string of the molecule is NN=CN=NC1CC1. The molecule has 0 aromatic rings. The highest BCUT2D eigenvalue weighted by Crippen LogP contribution is 2.23. The van der Waals surface area contributed by atoms with E-state index >= 15 is 0 Å². The van der Waals surface area contributed by atoms with Crippen molar-refractivity contribution in [3.8, 4) is 0 Å². The zero-order chi connectivity index (χ0) is 5.82. The molecule has 0 amide bonds. The molecule has 2 N–H and O–H groups in total. The highest BCUT2D eigenvalue weighted by molar-refractivity contribution is 5.53. The fourth-order valence-electron chi connectivity index (χ4n) is 0.344. The first kappa shape index (κ1) is 5.21. The van der Waals surface area contributed by atoms with E-state index in [0.29, 0.717) is 6.04 Å². The van der Waals surface area contributed by atoms with E-state index in [9.17, 15) is 0 Å². The first-order valence-electron chi connectivity index (χ1n) is 2.55. The summed E-state index contributed by atoms with van der Waals surface area (Å²) in [6.45, 7) is 0. The minimum atomic E-state index is 0.466. The van der Waals surface area contributed by atoms with Crippen LogP contribution in [0.25, 0.3) is 0 Å². The van der Waals surface area contributed by atoms with Gasteiger partial charge in [-0.2, -0.15) is 10.2 Å².